The number of allylic oxidation sites excluding steroid dienone is 1. The van der Waals surface area contributed by atoms with Crippen LogP contribution < -0.4 is 0 Å². The van der Waals surface area contributed by atoms with Crippen molar-refractivity contribution >= 4 is 28.9 Å². The summed E-state index contributed by atoms with van der Waals surface area (Å²) >= 11 is 12.2. The molecule has 2 aromatic rings. The lowest BCUT2D eigenvalue weighted by molar-refractivity contribution is -0.129. The van der Waals surface area contributed by atoms with Crippen molar-refractivity contribution < 1.29 is 17.9 Å². The third-order valence-electron chi connectivity index (χ3n) is 5.23. The average molecular weight is 500 g/mol. The van der Waals surface area contributed by atoms with E-state index in [0.717, 1.165) is 17.2 Å². The summed E-state index contributed by atoms with van der Waals surface area (Å²) in [5.74, 6) is -0.171. The van der Waals surface area contributed by atoms with Gasteiger partial charge < -0.3 is 9.64 Å². The van der Waals surface area contributed by atoms with Crippen molar-refractivity contribution in [3.05, 3.63) is 76.2 Å². The molecule has 9 heteroatoms. The Labute approximate surface area is 202 Å². The zero-order valence-corrected chi connectivity index (χ0v) is 20.3. The first-order chi connectivity index (χ1) is 15.3. The van der Waals surface area contributed by atoms with Gasteiger partial charge in [-0.15, -0.1) is 0 Å². The molecule has 1 aliphatic heterocycles. The van der Waals surface area contributed by atoms with Gasteiger partial charge in [0.1, 0.15) is 5.71 Å². The number of alkyl halides is 3. The van der Waals surface area contributed by atoms with E-state index in [-0.39, 0.29) is 12.0 Å². The van der Waals surface area contributed by atoms with Crippen molar-refractivity contribution in [2.45, 2.75) is 64.2 Å². The van der Waals surface area contributed by atoms with Crippen LogP contribution in [0, 0.1) is 0 Å². The summed E-state index contributed by atoms with van der Waals surface area (Å²) < 4.78 is 46.1. The van der Waals surface area contributed by atoms with Crippen molar-refractivity contribution in [3.8, 4) is 0 Å². The van der Waals surface area contributed by atoms with Gasteiger partial charge in [0.25, 0.3) is 0 Å². The largest absolute Gasteiger partial charge is 0.433 e. The second-order valence-corrected chi connectivity index (χ2v) is 9.82. The molecule has 3 unspecified atom stereocenters. The summed E-state index contributed by atoms with van der Waals surface area (Å²) in [5, 5.41) is 1.11. The third kappa shape index (κ3) is 6.95. The number of hydrogen-bond acceptors (Lipinski definition) is 4. The van der Waals surface area contributed by atoms with E-state index in [9.17, 15) is 13.2 Å². The van der Waals surface area contributed by atoms with Crippen molar-refractivity contribution in [2.75, 3.05) is 0 Å². The van der Waals surface area contributed by atoms with E-state index in [0.29, 0.717) is 16.5 Å². The standard InChI is InChI=1S/C24H26Cl2F3N3O/c1-15(32-10-9-21(24(27,28)29)31-22(32)33-23(2,3)4)20(17-12-19(26)14-30-13-17)11-16-5-7-18(25)8-6-16/h5-10,12-15,20,22H,11H2,1-4H3. The van der Waals surface area contributed by atoms with Gasteiger partial charge in [0, 0.05) is 35.6 Å². The lowest BCUT2D eigenvalue weighted by Crippen LogP contribution is -2.47. The molecule has 1 aliphatic rings. The summed E-state index contributed by atoms with van der Waals surface area (Å²) in [6.45, 7) is 7.27. The zero-order chi connectivity index (χ0) is 24.4. The second-order valence-electron chi connectivity index (χ2n) is 8.95. The first-order valence-corrected chi connectivity index (χ1v) is 11.2. The minimum Gasteiger partial charge on any atom is -0.333 e. The number of nitrogens with zero attached hydrogens (tertiary/aromatic N) is 3. The fourth-order valence-corrected chi connectivity index (χ4v) is 3.96. The predicted molar refractivity (Wildman–Crippen MR) is 126 cm³/mol. The zero-order valence-electron chi connectivity index (χ0n) is 18.8. The first kappa shape index (κ1) is 25.5. The summed E-state index contributed by atoms with van der Waals surface area (Å²) in [5.41, 5.74) is 0.194. The molecule has 0 saturated heterocycles. The molecule has 3 atom stereocenters. The van der Waals surface area contributed by atoms with Gasteiger partial charge in [0.2, 0.25) is 6.35 Å². The van der Waals surface area contributed by atoms with Gasteiger partial charge >= 0.3 is 6.18 Å². The second kappa shape index (κ2) is 10.0. The van der Waals surface area contributed by atoms with E-state index in [1.807, 2.05) is 25.1 Å². The highest BCUT2D eigenvalue weighted by molar-refractivity contribution is 6.30. The van der Waals surface area contributed by atoms with E-state index < -0.39 is 23.8 Å². The fourth-order valence-electron chi connectivity index (χ4n) is 3.65. The lowest BCUT2D eigenvalue weighted by atomic mass is 9.86. The molecule has 33 heavy (non-hydrogen) atoms. The molecule has 1 aromatic carbocycles. The van der Waals surface area contributed by atoms with Crippen LogP contribution in [-0.4, -0.2) is 39.8 Å². The van der Waals surface area contributed by atoms with Gasteiger partial charge in [-0.1, -0.05) is 35.3 Å². The van der Waals surface area contributed by atoms with Crippen molar-refractivity contribution in [2.24, 2.45) is 4.99 Å². The topological polar surface area (TPSA) is 37.7 Å². The van der Waals surface area contributed by atoms with E-state index in [1.165, 1.54) is 6.20 Å². The minimum absolute atomic E-state index is 0.171. The highest BCUT2D eigenvalue weighted by Gasteiger charge is 2.40. The molecular weight excluding hydrogens is 474 g/mol. The van der Waals surface area contributed by atoms with E-state index in [1.54, 1.807) is 50.2 Å². The smallest absolute Gasteiger partial charge is 0.333 e. The van der Waals surface area contributed by atoms with Crippen LogP contribution in [0.15, 0.2) is 60.0 Å². The Morgan fingerprint density at radius 1 is 1.06 bits per heavy atom. The Morgan fingerprint density at radius 3 is 2.30 bits per heavy atom. The molecule has 0 bridgehead atoms. The number of halogens is 5. The number of ether oxygens (including phenoxy) is 1. The number of pyridine rings is 1. The van der Waals surface area contributed by atoms with E-state index in [4.69, 9.17) is 27.9 Å². The molecule has 0 amide bonds. The van der Waals surface area contributed by atoms with Gasteiger partial charge in [-0.3, -0.25) is 4.98 Å². The van der Waals surface area contributed by atoms with Crippen LogP contribution in [0.25, 0.3) is 0 Å². The Morgan fingerprint density at radius 2 is 1.73 bits per heavy atom. The van der Waals surface area contributed by atoms with Crippen LogP contribution in [0.2, 0.25) is 10.0 Å². The molecule has 0 spiro atoms. The predicted octanol–water partition coefficient (Wildman–Crippen LogP) is 7.03. The van der Waals surface area contributed by atoms with Gasteiger partial charge in [-0.05, 0) is 69.5 Å². The highest BCUT2D eigenvalue weighted by Crippen LogP contribution is 2.34. The molecule has 0 radical (unpaired) electrons. The molecule has 0 saturated carbocycles. The molecule has 4 nitrogen and oxygen atoms in total. The maximum atomic E-state index is 13.4. The molecule has 1 aromatic heterocycles. The summed E-state index contributed by atoms with van der Waals surface area (Å²) in [4.78, 5) is 9.83. The van der Waals surface area contributed by atoms with E-state index >= 15 is 0 Å². The van der Waals surface area contributed by atoms with Crippen molar-refractivity contribution in [3.63, 3.8) is 0 Å². The Hall–Kier alpha value is -2.09. The van der Waals surface area contributed by atoms with E-state index in [2.05, 4.69) is 9.98 Å². The number of rotatable bonds is 6. The number of aliphatic imine (C=N–C) groups is 1. The summed E-state index contributed by atoms with van der Waals surface area (Å²) in [6, 6.07) is 8.98. The normalized spacial score (nSPS) is 18.8. The number of benzene rings is 1. The van der Waals surface area contributed by atoms with Gasteiger partial charge in [0.15, 0.2) is 0 Å². The number of hydrogen-bond donors (Lipinski definition) is 0. The Bertz CT molecular complexity index is 1020. The van der Waals surface area contributed by atoms with Crippen molar-refractivity contribution in [1.82, 2.24) is 9.88 Å². The van der Waals surface area contributed by atoms with Crippen LogP contribution in [0.5, 0.6) is 0 Å². The van der Waals surface area contributed by atoms with Gasteiger partial charge in [-0.25, -0.2) is 4.99 Å². The van der Waals surface area contributed by atoms with Crippen LogP contribution in [0.3, 0.4) is 0 Å². The average Bonchev–Trinajstić information content (AvgIpc) is 2.71. The maximum absolute atomic E-state index is 13.4. The van der Waals surface area contributed by atoms with Gasteiger partial charge in [0.05, 0.1) is 10.6 Å². The highest BCUT2D eigenvalue weighted by atomic mass is 35.5. The van der Waals surface area contributed by atoms with Gasteiger partial charge in [-0.2, -0.15) is 13.2 Å². The van der Waals surface area contributed by atoms with Crippen LogP contribution >= 0.6 is 23.2 Å². The van der Waals surface area contributed by atoms with Crippen LogP contribution in [0.1, 0.15) is 44.7 Å². The molecule has 0 aliphatic carbocycles. The minimum atomic E-state index is -4.56. The third-order valence-corrected chi connectivity index (χ3v) is 5.69. The van der Waals surface area contributed by atoms with Crippen LogP contribution in [-0.2, 0) is 11.2 Å². The SMILES string of the molecule is CC(C(Cc1ccc(Cl)cc1)c1cncc(Cl)c1)N1C=CC(C(F)(F)F)=NC1OC(C)(C)C. The Balaban J connectivity index is 1.99. The molecule has 2 heterocycles. The molecule has 0 N–H and O–H groups in total. The number of aromatic nitrogens is 1. The maximum Gasteiger partial charge on any atom is 0.433 e. The Kier molecular flexibility index (Phi) is 7.76. The fraction of sp³-hybridized carbons (Fsp3) is 0.417. The molecule has 178 valence electrons. The van der Waals surface area contributed by atoms with Crippen LogP contribution in [0.4, 0.5) is 13.2 Å². The van der Waals surface area contributed by atoms with Crippen molar-refractivity contribution in [1.29, 1.82) is 0 Å². The monoisotopic (exact) mass is 499 g/mol. The quantitative estimate of drug-likeness (QED) is 0.427. The molecule has 3 rings (SSSR count). The summed E-state index contributed by atoms with van der Waals surface area (Å²) in [6.07, 6.45) is 0.537. The molecular formula is C24H26Cl2F3N3O. The molecule has 0 fully saturated rings. The lowest BCUT2D eigenvalue weighted by Gasteiger charge is -2.41. The summed E-state index contributed by atoms with van der Waals surface area (Å²) in [7, 11) is 0. The first-order valence-electron chi connectivity index (χ1n) is 10.5.